The van der Waals surface area contributed by atoms with Gasteiger partial charge in [-0.1, -0.05) is 11.3 Å². The van der Waals surface area contributed by atoms with Crippen LogP contribution in [0.3, 0.4) is 0 Å². The number of imidazole rings is 1. The summed E-state index contributed by atoms with van der Waals surface area (Å²) in [4.78, 5) is 18.4. The summed E-state index contributed by atoms with van der Waals surface area (Å²) < 4.78 is 20.1. The van der Waals surface area contributed by atoms with Crippen molar-refractivity contribution in [1.29, 1.82) is 0 Å². The Morgan fingerprint density at radius 3 is 2.80 bits per heavy atom. The number of aryl methyl sites for hydroxylation is 1. The van der Waals surface area contributed by atoms with Gasteiger partial charge in [0.05, 0.1) is 18.5 Å². The molecule has 3 heterocycles. The normalized spacial score (nSPS) is 11.1. The summed E-state index contributed by atoms with van der Waals surface area (Å²) >= 11 is 1.51. The van der Waals surface area contributed by atoms with E-state index in [1.807, 2.05) is 17.5 Å². The molecule has 0 radical (unpaired) electrons. The number of hydrogen-bond acceptors (Lipinski definition) is 4. The van der Waals surface area contributed by atoms with E-state index in [1.54, 1.807) is 24.3 Å². The maximum Gasteiger partial charge on any atom is 0.287 e. The molecule has 1 amide bonds. The third-order valence-corrected chi connectivity index (χ3v) is 5.10. The molecule has 0 aliphatic heterocycles. The Balaban J connectivity index is 1.56. The van der Waals surface area contributed by atoms with Gasteiger partial charge < -0.3 is 9.73 Å². The third kappa shape index (κ3) is 2.94. The second kappa shape index (κ2) is 6.18. The van der Waals surface area contributed by atoms with Crippen molar-refractivity contribution in [2.75, 3.05) is 0 Å². The highest BCUT2D eigenvalue weighted by molar-refractivity contribution is 7.17. The van der Waals surface area contributed by atoms with Crippen LogP contribution in [0, 0.1) is 12.7 Å². The number of aromatic nitrogens is 2. The van der Waals surface area contributed by atoms with Crippen molar-refractivity contribution in [2.24, 2.45) is 0 Å². The summed E-state index contributed by atoms with van der Waals surface area (Å²) in [7, 11) is 0. The standard InChI is InChI=1S/C18H14FN3O2S/c1-11-16(9-20-17(23)15-3-2-8-24-15)25-18-21-14(10-22(11)18)12-4-6-13(19)7-5-12/h2-8,10H,9H2,1H3,(H,20,23). The SMILES string of the molecule is Cc1c(CNC(=O)c2ccco2)sc2nc(-c3ccc(F)cc3)cn12. The molecule has 1 N–H and O–H groups in total. The highest BCUT2D eigenvalue weighted by Crippen LogP contribution is 2.27. The van der Waals surface area contributed by atoms with Gasteiger partial charge >= 0.3 is 0 Å². The molecule has 1 aromatic carbocycles. The maximum absolute atomic E-state index is 13.1. The molecule has 0 saturated heterocycles. The first-order chi connectivity index (χ1) is 12.1. The Labute approximate surface area is 146 Å². The van der Waals surface area contributed by atoms with Gasteiger partial charge in [-0.2, -0.15) is 0 Å². The van der Waals surface area contributed by atoms with E-state index in [1.165, 1.54) is 29.7 Å². The molecular weight excluding hydrogens is 341 g/mol. The fourth-order valence-electron chi connectivity index (χ4n) is 2.57. The monoisotopic (exact) mass is 355 g/mol. The largest absolute Gasteiger partial charge is 0.459 e. The van der Waals surface area contributed by atoms with E-state index in [0.29, 0.717) is 6.54 Å². The third-order valence-electron chi connectivity index (χ3n) is 3.95. The number of hydrogen-bond donors (Lipinski definition) is 1. The van der Waals surface area contributed by atoms with Crippen LogP contribution in [0.1, 0.15) is 21.1 Å². The lowest BCUT2D eigenvalue weighted by atomic mass is 10.2. The number of halogens is 1. The van der Waals surface area contributed by atoms with Crippen LogP contribution in [0.4, 0.5) is 4.39 Å². The fraction of sp³-hybridized carbons (Fsp3) is 0.111. The number of carbonyl (C=O) groups excluding carboxylic acids is 1. The van der Waals surface area contributed by atoms with Gasteiger partial charge in [0.2, 0.25) is 0 Å². The van der Waals surface area contributed by atoms with Crippen molar-refractivity contribution in [3.63, 3.8) is 0 Å². The minimum Gasteiger partial charge on any atom is -0.459 e. The first-order valence-electron chi connectivity index (χ1n) is 7.67. The van der Waals surface area contributed by atoms with Crippen LogP contribution in [0.2, 0.25) is 0 Å². The number of nitrogens with one attached hydrogen (secondary N) is 1. The zero-order valence-electron chi connectivity index (χ0n) is 13.3. The number of rotatable bonds is 4. The Kier molecular flexibility index (Phi) is 3.85. The molecule has 4 rings (SSSR count). The predicted octanol–water partition coefficient (Wildman–Crippen LogP) is 4.03. The van der Waals surface area contributed by atoms with Gasteiger partial charge in [-0.15, -0.1) is 0 Å². The molecule has 0 atom stereocenters. The molecule has 0 saturated carbocycles. The first kappa shape index (κ1) is 15.6. The van der Waals surface area contributed by atoms with E-state index in [4.69, 9.17) is 4.42 Å². The summed E-state index contributed by atoms with van der Waals surface area (Å²) in [6, 6.07) is 9.56. The van der Waals surface area contributed by atoms with Crippen LogP contribution in [0.25, 0.3) is 16.2 Å². The number of amides is 1. The summed E-state index contributed by atoms with van der Waals surface area (Å²) in [5.41, 5.74) is 2.67. The Morgan fingerprint density at radius 2 is 2.12 bits per heavy atom. The Hall–Kier alpha value is -2.93. The zero-order valence-corrected chi connectivity index (χ0v) is 14.1. The van der Waals surface area contributed by atoms with Gasteiger partial charge in [0.25, 0.3) is 5.91 Å². The molecule has 0 unspecified atom stereocenters. The second-order valence-corrected chi connectivity index (χ2v) is 6.62. The topological polar surface area (TPSA) is 59.5 Å². The summed E-state index contributed by atoms with van der Waals surface area (Å²) in [6.07, 6.45) is 3.39. The van der Waals surface area contributed by atoms with Gasteiger partial charge in [-0.25, -0.2) is 9.37 Å². The molecule has 126 valence electrons. The van der Waals surface area contributed by atoms with Gasteiger partial charge in [-0.3, -0.25) is 9.20 Å². The lowest BCUT2D eigenvalue weighted by Gasteiger charge is -2.02. The number of benzene rings is 1. The molecule has 0 aliphatic rings. The van der Waals surface area contributed by atoms with Gasteiger partial charge in [0.15, 0.2) is 10.7 Å². The van der Waals surface area contributed by atoms with Crippen LogP contribution in [-0.2, 0) is 6.54 Å². The number of nitrogens with zero attached hydrogens (tertiary/aromatic N) is 2. The molecule has 5 nitrogen and oxygen atoms in total. The van der Waals surface area contributed by atoms with Crippen molar-refractivity contribution in [2.45, 2.75) is 13.5 Å². The van der Waals surface area contributed by atoms with Crippen molar-refractivity contribution in [3.05, 3.63) is 71.0 Å². The number of thiazole rings is 1. The van der Waals surface area contributed by atoms with Gasteiger partial charge in [0.1, 0.15) is 5.82 Å². The molecule has 7 heteroatoms. The zero-order chi connectivity index (χ0) is 17.4. The number of carbonyl (C=O) groups is 1. The molecule has 0 aliphatic carbocycles. The second-order valence-electron chi connectivity index (χ2n) is 5.56. The van der Waals surface area contributed by atoms with Crippen LogP contribution in [0.5, 0.6) is 0 Å². The summed E-state index contributed by atoms with van der Waals surface area (Å²) in [5.74, 6) is -0.226. The van der Waals surface area contributed by atoms with Crippen molar-refractivity contribution >= 4 is 22.2 Å². The van der Waals surface area contributed by atoms with E-state index in [9.17, 15) is 9.18 Å². The molecule has 0 bridgehead atoms. The fourth-order valence-corrected chi connectivity index (χ4v) is 3.62. The highest BCUT2D eigenvalue weighted by atomic mass is 32.1. The van der Waals surface area contributed by atoms with Crippen LogP contribution >= 0.6 is 11.3 Å². The van der Waals surface area contributed by atoms with E-state index < -0.39 is 0 Å². The average molecular weight is 355 g/mol. The molecule has 25 heavy (non-hydrogen) atoms. The smallest absolute Gasteiger partial charge is 0.287 e. The quantitative estimate of drug-likeness (QED) is 0.601. The van der Waals surface area contributed by atoms with E-state index in [-0.39, 0.29) is 17.5 Å². The Morgan fingerprint density at radius 1 is 1.32 bits per heavy atom. The van der Waals surface area contributed by atoms with Gasteiger partial charge in [-0.05, 0) is 43.3 Å². The van der Waals surface area contributed by atoms with Crippen LogP contribution in [-0.4, -0.2) is 15.3 Å². The van der Waals surface area contributed by atoms with Crippen LogP contribution in [0.15, 0.2) is 53.3 Å². The highest BCUT2D eigenvalue weighted by Gasteiger charge is 2.14. The maximum atomic E-state index is 13.1. The Bertz CT molecular complexity index is 1030. The van der Waals surface area contributed by atoms with E-state index in [2.05, 4.69) is 10.3 Å². The van der Waals surface area contributed by atoms with Crippen molar-refractivity contribution < 1.29 is 13.6 Å². The summed E-state index contributed by atoms with van der Waals surface area (Å²) in [6.45, 7) is 2.39. The van der Waals surface area contributed by atoms with E-state index >= 15 is 0 Å². The molecule has 3 aromatic heterocycles. The minimum atomic E-state index is -0.268. The van der Waals surface area contributed by atoms with Gasteiger partial charge in [0, 0.05) is 22.3 Å². The average Bonchev–Trinajstić information content (AvgIpc) is 3.32. The number of furan rings is 1. The molecule has 0 spiro atoms. The first-order valence-corrected chi connectivity index (χ1v) is 8.48. The molecule has 4 aromatic rings. The number of fused-ring (bicyclic) bond motifs is 1. The predicted molar refractivity (Wildman–Crippen MR) is 93.1 cm³/mol. The molecular formula is C18H14FN3O2S. The van der Waals surface area contributed by atoms with Crippen molar-refractivity contribution in [1.82, 2.24) is 14.7 Å². The molecule has 0 fully saturated rings. The lowest BCUT2D eigenvalue weighted by Crippen LogP contribution is -2.22. The summed E-state index contributed by atoms with van der Waals surface area (Å²) in [5, 5.41) is 2.84. The van der Waals surface area contributed by atoms with E-state index in [0.717, 1.165) is 26.8 Å². The minimum absolute atomic E-state index is 0.248. The van der Waals surface area contributed by atoms with Crippen LogP contribution < -0.4 is 5.32 Å². The van der Waals surface area contributed by atoms with Crippen molar-refractivity contribution in [3.8, 4) is 11.3 Å². The lowest BCUT2D eigenvalue weighted by molar-refractivity contribution is 0.0923.